The third-order valence-corrected chi connectivity index (χ3v) is 6.01. The van der Waals surface area contributed by atoms with E-state index in [2.05, 4.69) is 0 Å². The van der Waals surface area contributed by atoms with E-state index < -0.39 is 29.3 Å². The van der Waals surface area contributed by atoms with Gasteiger partial charge in [0.1, 0.15) is 29.7 Å². The number of hydrogen-bond acceptors (Lipinski definition) is 7. The van der Waals surface area contributed by atoms with E-state index in [1.54, 1.807) is 6.92 Å². The van der Waals surface area contributed by atoms with Crippen molar-refractivity contribution in [3.63, 3.8) is 0 Å². The maximum absolute atomic E-state index is 12.8. The molecule has 2 aliphatic rings. The van der Waals surface area contributed by atoms with Gasteiger partial charge in [0, 0.05) is 12.5 Å². The van der Waals surface area contributed by atoms with Crippen LogP contribution in [0.5, 0.6) is 0 Å². The van der Waals surface area contributed by atoms with Crippen LogP contribution in [-0.4, -0.2) is 39.3 Å². The lowest BCUT2D eigenvalue weighted by atomic mass is 9.88. The molecule has 0 spiro atoms. The van der Waals surface area contributed by atoms with E-state index >= 15 is 0 Å². The molecule has 28 heavy (non-hydrogen) atoms. The molecule has 0 N–H and O–H groups in total. The van der Waals surface area contributed by atoms with Crippen molar-refractivity contribution in [1.29, 1.82) is 0 Å². The molecule has 0 aromatic heterocycles. The van der Waals surface area contributed by atoms with Crippen LogP contribution in [-0.2, 0) is 35.3 Å². The highest BCUT2D eigenvalue weighted by Gasteiger charge is 2.58. The van der Waals surface area contributed by atoms with Gasteiger partial charge in [-0.15, -0.1) is 0 Å². The van der Waals surface area contributed by atoms with Crippen molar-refractivity contribution in [3.05, 3.63) is 47.2 Å². The van der Waals surface area contributed by atoms with E-state index in [1.165, 1.54) is 18.7 Å². The maximum atomic E-state index is 12.8. The summed E-state index contributed by atoms with van der Waals surface area (Å²) in [6, 6.07) is 9.14. The molecule has 148 valence electrons. The summed E-state index contributed by atoms with van der Waals surface area (Å²) in [5.41, 5.74) is 0.964. The Bertz CT molecular complexity index is 850. The summed E-state index contributed by atoms with van der Waals surface area (Å²) in [5.74, 6) is -2.20. The number of amides is 1. The van der Waals surface area contributed by atoms with Gasteiger partial charge in [-0.2, -0.15) is 0 Å². The molecule has 1 aromatic carbocycles. The highest BCUT2D eigenvalue weighted by molar-refractivity contribution is 8.14. The fourth-order valence-electron chi connectivity index (χ4n) is 3.33. The number of carbonyl (C=O) groups excluding carboxylic acids is 4. The minimum atomic E-state index is -0.715. The van der Waals surface area contributed by atoms with E-state index in [0.717, 1.165) is 17.3 Å². The summed E-state index contributed by atoms with van der Waals surface area (Å²) in [7, 11) is 0. The third kappa shape index (κ3) is 3.69. The largest absolute Gasteiger partial charge is 0.462 e. The molecule has 1 saturated heterocycles. The molecule has 1 aromatic rings. The number of benzene rings is 1. The van der Waals surface area contributed by atoms with Gasteiger partial charge in [-0.3, -0.25) is 19.3 Å². The molecule has 2 aliphatic heterocycles. The number of ether oxygens (including phenoxy) is 2. The molecule has 0 saturated carbocycles. The van der Waals surface area contributed by atoms with Crippen LogP contribution in [0.1, 0.15) is 32.8 Å². The van der Waals surface area contributed by atoms with Crippen LogP contribution < -0.4 is 0 Å². The highest BCUT2D eigenvalue weighted by Crippen LogP contribution is 2.47. The van der Waals surface area contributed by atoms with Crippen molar-refractivity contribution in [2.75, 3.05) is 0 Å². The number of hydrogen-bond donors (Lipinski definition) is 0. The summed E-state index contributed by atoms with van der Waals surface area (Å²) in [6.45, 7) is 4.63. The van der Waals surface area contributed by atoms with E-state index in [9.17, 15) is 19.2 Å². The Hall–Kier alpha value is -2.61. The fourth-order valence-corrected chi connectivity index (χ4v) is 4.58. The summed E-state index contributed by atoms with van der Waals surface area (Å²) in [6.07, 6.45) is -0.197. The smallest absolute Gasteiger partial charge is 0.355 e. The quantitative estimate of drug-likeness (QED) is 0.532. The Morgan fingerprint density at radius 3 is 2.50 bits per heavy atom. The zero-order valence-corrected chi connectivity index (χ0v) is 16.7. The first-order valence-corrected chi connectivity index (χ1v) is 9.86. The Kier molecular flexibility index (Phi) is 5.88. The second-order valence-corrected chi connectivity index (χ2v) is 7.71. The zero-order valence-electron chi connectivity index (χ0n) is 15.8. The van der Waals surface area contributed by atoms with Gasteiger partial charge in [0.25, 0.3) is 0 Å². The lowest BCUT2D eigenvalue weighted by Crippen LogP contribution is -2.65. The van der Waals surface area contributed by atoms with Gasteiger partial charge in [0.2, 0.25) is 11.0 Å². The topological polar surface area (TPSA) is 90.0 Å². The van der Waals surface area contributed by atoms with Gasteiger partial charge in [0.05, 0.1) is 0 Å². The molecule has 3 atom stereocenters. The first kappa shape index (κ1) is 20.1. The molecule has 2 heterocycles. The number of esters is 2. The van der Waals surface area contributed by atoms with Crippen LogP contribution in [0.4, 0.5) is 0 Å². The molecule has 7 nitrogen and oxygen atoms in total. The molecule has 1 amide bonds. The van der Waals surface area contributed by atoms with Crippen LogP contribution in [0.15, 0.2) is 41.6 Å². The number of thioether (sulfide) groups is 1. The van der Waals surface area contributed by atoms with Crippen LogP contribution in [0.3, 0.4) is 0 Å². The molecular weight excluding hydrogens is 382 g/mol. The van der Waals surface area contributed by atoms with E-state index in [4.69, 9.17) is 9.47 Å². The summed E-state index contributed by atoms with van der Waals surface area (Å²) >= 11 is 0.972. The number of rotatable bonds is 6. The average molecular weight is 403 g/mol. The minimum Gasteiger partial charge on any atom is -0.462 e. The first-order chi connectivity index (χ1) is 13.3. The molecule has 1 fully saturated rings. The molecular formula is C20H21NO6S. The Labute approximate surface area is 167 Å². The van der Waals surface area contributed by atoms with Crippen molar-refractivity contribution in [1.82, 2.24) is 4.90 Å². The molecule has 0 unspecified atom stereocenters. The van der Waals surface area contributed by atoms with Crippen LogP contribution in [0, 0.1) is 5.92 Å². The predicted molar refractivity (Wildman–Crippen MR) is 102 cm³/mol. The minimum absolute atomic E-state index is 0.0244. The molecule has 8 heteroatoms. The second-order valence-electron chi connectivity index (χ2n) is 6.62. The van der Waals surface area contributed by atoms with Gasteiger partial charge in [-0.05, 0) is 18.9 Å². The van der Waals surface area contributed by atoms with Crippen molar-refractivity contribution in [3.8, 4) is 0 Å². The maximum Gasteiger partial charge on any atom is 0.355 e. The summed E-state index contributed by atoms with van der Waals surface area (Å²) < 4.78 is 10.6. The van der Waals surface area contributed by atoms with E-state index in [0.29, 0.717) is 6.42 Å². The van der Waals surface area contributed by atoms with Crippen molar-refractivity contribution in [2.45, 2.75) is 45.3 Å². The van der Waals surface area contributed by atoms with Gasteiger partial charge in [0.15, 0.2) is 0 Å². The van der Waals surface area contributed by atoms with Gasteiger partial charge >= 0.3 is 11.9 Å². The number of β-lactam (4-membered cyclic amide) rings is 1. The Balaban J connectivity index is 1.79. The fraction of sp³-hybridized carbons (Fsp3) is 0.400. The van der Waals surface area contributed by atoms with Crippen LogP contribution in [0.25, 0.3) is 0 Å². The van der Waals surface area contributed by atoms with Crippen LogP contribution in [0.2, 0.25) is 0 Å². The van der Waals surface area contributed by atoms with Crippen molar-refractivity contribution in [2.24, 2.45) is 5.92 Å². The number of nitrogens with zero attached hydrogens (tertiary/aromatic N) is 1. The zero-order chi connectivity index (χ0) is 20.4. The Morgan fingerprint density at radius 2 is 1.89 bits per heavy atom. The molecule has 0 bridgehead atoms. The first-order valence-electron chi connectivity index (χ1n) is 8.98. The normalized spacial score (nSPS) is 22.3. The molecule has 0 radical (unpaired) electrons. The predicted octanol–water partition coefficient (Wildman–Crippen LogP) is 2.40. The molecule has 3 rings (SSSR count). The third-order valence-electron chi connectivity index (χ3n) is 4.74. The van der Waals surface area contributed by atoms with Gasteiger partial charge in [-0.25, -0.2) is 4.79 Å². The van der Waals surface area contributed by atoms with Gasteiger partial charge in [-0.1, -0.05) is 49.0 Å². The van der Waals surface area contributed by atoms with E-state index in [1.807, 2.05) is 30.3 Å². The second kappa shape index (κ2) is 8.18. The summed E-state index contributed by atoms with van der Waals surface area (Å²) in [4.78, 5) is 50.5. The number of fused-ring (bicyclic) bond motifs is 1. The van der Waals surface area contributed by atoms with Crippen molar-refractivity contribution >= 4 is 34.7 Å². The van der Waals surface area contributed by atoms with E-state index in [-0.39, 0.29) is 28.9 Å². The van der Waals surface area contributed by atoms with Crippen LogP contribution >= 0.6 is 11.8 Å². The lowest BCUT2D eigenvalue weighted by Gasteiger charge is -2.50. The SMILES string of the molecule is CC[C@@H](OC(C)=O)[C@H]1C(=O)N2C(C(=O)OCc3ccccc3)=C(C)C(=O)S[C@@H]12. The summed E-state index contributed by atoms with van der Waals surface area (Å²) in [5, 5.41) is -0.865. The lowest BCUT2D eigenvalue weighted by molar-refractivity contribution is -0.168. The monoisotopic (exact) mass is 403 g/mol. The number of carbonyl (C=O) groups is 4. The molecule has 0 aliphatic carbocycles. The standard InChI is InChI=1S/C20H21NO6S/c1-4-14(27-12(3)22)15-17(23)21-16(11(2)20(25)28-18(15)21)19(24)26-10-13-8-6-5-7-9-13/h5-9,14-15,18H,4,10H2,1-3H3/t14-,15+,18+/m1/s1. The highest BCUT2D eigenvalue weighted by atomic mass is 32.2. The van der Waals surface area contributed by atoms with Crippen molar-refractivity contribution < 1.29 is 28.7 Å². The van der Waals surface area contributed by atoms with Gasteiger partial charge < -0.3 is 9.47 Å². The Morgan fingerprint density at radius 1 is 1.21 bits per heavy atom. The average Bonchev–Trinajstić information content (AvgIpc) is 2.68.